The Balaban J connectivity index is 1.48. The van der Waals surface area contributed by atoms with Gasteiger partial charge in [0.1, 0.15) is 14.1 Å². The van der Waals surface area contributed by atoms with Crippen molar-refractivity contribution in [1.82, 2.24) is 0 Å². The van der Waals surface area contributed by atoms with Gasteiger partial charge in [-0.25, -0.2) is 9.59 Å². The predicted molar refractivity (Wildman–Crippen MR) is 101 cm³/mol. The molecule has 2 aromatic heterocycles. The second kappa shape index (κ2) is 7.62. The summed E-state index contributed by atoms with van der Waals surface area (Å²) in [6.45, 7) is 0.0722. The SMILES string of the molecule is O=C(OCC1C(COC(=O)c2ccc(Cl)s2)C1(Cl)Cl)c1ccc(Cl)s1. The normalized spacial score (nSPS) is 21.0. The number of carbonyl (C=O) groups excluding carboxylic acids is 2. The van der Waals surface area contributed by atoms with Crippen molar-refractivity contribution >= 4 is 81.0 Å². The Labute approximate surface area is 171 Å². The van der Waals surface area contributed by atoms with E-state index in [4.69, 9.17) is 55.9 Å². The lowest BCUT2D eigenvalue weighted by molar-refractivity contribution is 0.0425. The predicted octanol–water partition coefficient (Wildman–Crippen LogP) is 5.55. The van der Waals surface area contributed by atoms with E-state index in [1.54, 1.807) is 24.3 Å². The summed E-state index contributed by atoms with van der Waals surface area (Å²) in [5.74, 6) is -1.60. The van der Waals surface area contributed by atoms with Crippen molar-refractivity contribution in [2.75, 3.05) is 13.2 Å². The van der Waals surface area contributed by atoms with Crippen LogP contribution in [0.25, 0.3) is 0 Å². The zero-order valence-electron chi connectivity index (χ0n) is 12.3. The van der Waals surface area contributed by atoms with Gasteiger partial charge in [-0.15, -0.1) is 45.9 Å². The molecule has 0 radical (unpaired) electrons. The molecule has 2 aromatic rings. The molecule has 1 aliphatic rings. The highest BCUT2D eigenvalue weighted by molar-refractivity contribution is 7.18. The molecule has 2 unspecified atom stereocenters. The van der Waals surface area contributed by atoms with Crippen LogP contribution in [-0.4, -0.2) is 29.5 Å². The van der Waals surface area contributed by atoms with Crippen molar-refractivity contribution in [2.24, 2.45) is 11.8 Å². The van der Waals surface area contributed by atoms with Gasteiger partial charge in [0.2, 0.25) is 0 Å². The first-order chi connectivity index (χ1) is 11.8. The summed E-state index contributed by atoms with van der Waals surface area (Å²) in [6.07, 6.45) is 0. The largest absolute Gasteiger partial charge is 0.461 e. The Bertz CT molecular complexity index is 737. The molecule has 2 atom stereocenters. The van der Waals surface area contributed by atoms with Gasteiger partial charge in [-0.05, 0) is 24.3 Å². The van der Waals surface area contributed by atoms with Crippen LogP contribution in [-0.2, 0) is 9.47 Å². The van der Waals surface area contributed by atoms with Crippen molar-refractivity contribution in [3.63, 3.8) is 0 Å². The van der Waals surface area contributed by atoms with Crippen molar-refractivity contribution in [2.45, 2.75) is 4.33 Å². The topological polar surface area (TPSA) is 52.6 Å². The number of rotatable bonds is 6. The smallest absolute Gasteiger partial charge is 0.348 e. The number of alkyl halides is 2. The molecular formula is C15H10Cl4O4S2. The average molecular weight is 460 g/mol. The fraction of sp³-hybridized carbons (Fsp3) is 0.333. The van der Waals surface area contributed by atoms with Gasteiger partial charge >= 0.3 is 11.9 Å². The van der Waals surface area contributed by atoms with Gasteiger partial charge in [0.15, 0.2) is 0 Å². The van der Waals surface area contributed by atoms with Crippen molar-refractivity contribution < 1.29 is 19.1 Å². The first kappa shape index (κ1) is 19.3. The van der Waals surface area contributed by atoms with Crippen LogP contribution in [0, 0.1) is 11.8 Å². The third kappa shape index (κ3) is 4.43. The molecule has 0 aromatic carbocycles. The van der Waals surface area contributed by atoms with E-state index in [0.29, 0.717) is 18.4 Å². The molecule has 2 heterocycles. The van der Waals surface area contributed by atoms with E-state index in [9.17, 15) is 9.59 Å². The molecule has 25 heavy (non-hydrogen) atoms. The van der Waals surface area contributed by atoms with E-state index < -0.39 is 16.3 Å². The van der Waals surface area contributed by atoms with Crippen LogP contribution >= 0.6 is 69.1 Å². The number of hydrogen-bond donors (Lipinski definition) is 0. The number of carbonyl (C=O) groups is 2. The molecule has 0 aliphatic heterocycles. The molecule has 0 N–H and O–H groups in total. The van der Waals surface area contributed by atoms with Crippen molar-refractivity contribution in [3.05, 3.63) is 42.7 Å². The quantitative estimate of drug-likeness (QED) is 0.419. The summed E-state index contributed by atoms with van der Waals surface area (Å²) >= 11 is 26.2. The van der Waals surface area contributed by atoms with Gasteiger partial charge in [0.25, 0.3) is 0 Å². The third-order valence-electron chi connectivity index (χ3n) is 3.70. The molecule has 4 nitrogen and oxygen atoms in total. The van der Waals surface area contributed by atoms with Gasteiger partial charge in [-0.3, -0.25) is 0 Å². The first-order valence-electron chi connectivity index (χ1n) is 7.01. The summed E-state index contributed by atoms with van der Waals surface area (Å²) in [4.78, 5) is 24.6. The Morgan fingerprint density at radius 1 is 0.880 bits per heavy atom. The molecule has 0 spiro atoms. The maximum atomic E-state index is 11.9. The second-order valence-corrected chi connectivity index (χ2v) is 10.2. The van der Waals surface area contributed by atoms with E-state index >= 15 is 0 Å². The van der Waals surface area contributed by atoms with Crippen LogP contribution in [0.3, 0.4) is 0 Å². The van der Waals surface area contributed by atoms with Crippen molar-refractivity contribution in [3.8, 4) is 0 Å². The summed E-state index contributed by atoms with van der Waals surface area (Å²) in [5.41, 5.74) is 0. The minimum atomic E-state index is -1.10. The number of ether oxygens (including phenoxy) is 2. The number of halogens is 4. The highest BCUT2D eigenvalue weighted by Gasteiger charge is 2.64. The standard InChI is InChI=1S/C15H10Cl4O4S2/c16-11-3-1-9(24-11)13(20)22-5-7-8(15(7,18)19)6-23-14(21)10-2-4-12(17)25-10/h1-4,7-8H,5-6H2. The van der Waals surface area contributed by atoms with Crippen LogP contribution in [0.5, 0.6) is 0 Å². The van der Waals surface area contributed by atoms with Crippen LogP contribution in [0.2, 0.25) is 8.67 Å². The highest BCUT2D eigenvalue weighted by Crippen LogP contribution is 2.59. The lowest BCUT2D eigenvalue weighted by atomic mass is 10.3. The van der Waals surface area contributed by atoms with Crippen LogP contribution in [0.1, 0.15) is 19.3 Å². The molecular weight excluding hydrogens is 450 g/mol. The number of hydrogen-bond acceptors (Lipinski definition) is 6. The summed E-state index contributed by atoms with van der Waals surface area (Å²) in [7, 11) is 0. The minimum absolute atomic E-state index is 0.0361. The molecule has 0 bridgehead atoms. The molecule has 1 aliphatic carbocycles. The molecule has 134 valence electrons. The van der Waals surface area contributed by atoms with Crippen LogP contribution in [0.4, 0.5) is 0 Å². The van der Waals surface area contributed by atoms with E-state index in [0.717, 1.165) is 22.7 Å². The average Bonchev–Trinajstić information content (AvgIpc) is 2.97. The minimum Gasteiger partial charge on any atom is -0.461 e. The summed E-state index contributed by atoms with van der Waals surface area (Å²) in [5, 5.41) is 0. The fourth-order valence-corrected chi connectivity index (χ4v) is 4.84. The molecule has 1 saturated carbocycles. The first-order valence-corrected chi connectivity index (χ1v) is 10.2. The van der Waals surface area contributed by atoms with Crippen LogP contribution < -0.4 is 0 Å². The lowest BCUT2D eigenvalue weighted by Crippen LogP contribution is -2.10. The van der Waals surface area contributed by atoms with Crippen LogP contribution in [0.15, 0.2) is 24.3 Å². The van der Waals surface area contributed by atoms with Crippen molar-refractivity contribution in [1.29, 1.82) is 0 Å². The second-order valence-electron chi connectivity index (χ2n) is 5.29. The van der Waals surface area contributed by atoms with Gasteiger partial charge in [-0.1, -0.05) is 23.2 Å². The van der Waals surface area contributed by atoms with Gasteiger partial charge < -0.3 is 9.47 Å². The highest BCUT2D eigenvalue weighted by atomic mass is 35.5. The summed E-state index contributed by atoms with van der Waals surface area (Å²) < 4.78 is 10.3. The Hall–Kier alpha value is -0.500. The van der Waals surface area contributed by atoms with E-state index in [-0.39, 0.29) is 25.0 Å². The number of thiophene rings is 2. The monoisotopic (exact) mass is 458 g/mol. The summed E-state index contributed by atoms with van der Waals surface area (Å²) in [6, 6.07) is 6.41. The van der Waals surface area contributed by atoms with E-state index in [2.05, 4.69) is 0 Å². The molecule has 3 rings (SSSR count). The maximum Gasteiger partial charge on any atom is 0.348 e. The maximum absolute atomic E-state index is 11.9. The van der Waals surface area contributed by atoms with E-state index in [1.165, 1.54) is 0 Å². The van der Waals surface area contributed by atoms with Gasteiger partial charge in [0, 0.05) is 11.8 Å². The number of esters is 2. The lowest BCUT2D eigenvalue weighted by Gasteiger charge is -2.03. The third-order valence-corrected chi connectivity index (χ3v) is 7.25. The van der Waals surface area contributed by atoms with Gasteiger partial charge in [-0.2, -0.15) is 0 Å². The molecule has 1 fully saturated rings. The Morgan fingerprint density at radius 3 is 1.60 bits per heavy atom. The fourth-order valence-electron chi connectivity index (χ4n) is 2.24. The Morgan fingerprint density at radius 2 is 1.28 bits per heavy atom. The van der Waals surface area contributed by atoms with E-state index in [1.807, 2.05) is 0 Å². The molecule has 0 saturated heterocycles. The molecule has 10 heteroatoms. The molecule has 0 amide bonds. The zero-order chi connectivity index (χ0) is 18.2. The van der Waals surface area contributed by atoms with Gasteiger partial charge in [0.05, 0.1) is 21.9 Å². The Kier molecular flexibility index (Phi) is 5.88. The zero-order valence-corrected chi connectivity index (χ0v) is 17.0.